The molecular formula is C11H18O. The van der Waals surface area contributed by atoms with Gasteiger partial charge in [-0.1, -0.05) is 19.4 Å². The van der Waals surface area contributed by atoms with Crippen molar-refractivity contribution in [1.29, 1.82) is 0 Å². The highest BCUT2D eigenvalue weighted by Crippen LogP contribution is 2.37. The number of carbonyl (C=O) groups is 1. The number of ketones is 1. The van der Waals surface area contributed by atoms with Gasteiger partial charge in [-0.2, -0.15) is 0 Å². The van der Waals surface area contributed by atoms with Crippen LogP contribution in [0.2, 0.25) is 0 Å². The van der Waals surface area contributed by atoms with Gasteiger partial charge in [0.15, 0.2) is 5.78 Å². The van der Waals surface area contributed by atoms with E-state index >= 15 is 0 Å². The Hall–Kier alpha value is -0.590. The van der Waals surface area contributed by atoms with Gasteiger partial charge in [0, 0.05) is 0 Å². The van der Waals surface area contributed by atoms with Crippen molar-refractivity contribution in [2.24, 2.45) is 5.41 Å². The van der Waals surface area contributed by atoms with Crippen LogP contribution < -0.4 is 0 Å². The lowest BCUT2D eigenvalue weighted by Crippen LogP contribution is -2.17. The molecule has 0 unspecified atom stereocenters. The maximum absolute atomic E-state index is 10.8. The van der Waals surface area contributed by atoms with E-state index in [1.807, 2.05) is 6.08 Å². The molecule has 68 valence electrons. The minimum atomic E-state index is 0.197. The highest BCUT2D eigenvalue weighted by atomic mass is 16.1. The highest BCUT2D eigenvalue weighted by molar-refractivity contribution is 5.87. The first-order chi connectivity index (χ1) is 5.49. The van der Waals surface area contributed by atoms with E-state index < -0.39 is 0 Å². The molecule has 0 bridgehead atoms. The summed E-state index contributed by atoms with van der Waals surface area (Å²) in [7, 11) is 0. The lowest BCUT2D eigenvalue weighted by molar-refractivity contribution is -0.112. The largest absolute Gasteiger partial charge is 0.295 e. The van der Waals surface area contributed by atoms with E-state index in [0.717, 1.165) is 12.8 Å². The summed E-state index contributed by atoms with van der Waals surface area (Å²) >= 11 is 0. The van der Waals surface area contributed by atoms with Crippen molar-refractivity contribution in [3.8, 4) is 0 Å². The van der Waals surface area contributed by atoms with Crippen LogP contribution >= 0.6 is 0 Å². The van der Waals surface area contributed by atoms with Crippen LogP contribution in [0.25, 0.3) is 0 Å². The molecule has 1 fully saturated rings. The minimum Gasteiger partial charge on any atom is -0.295 e. The summed E-state index contributed by atoms with van der Waals surface area (Å²) in [4.78, 5) is 10.8. The van der Waals surface area contributed by atoms with Gasteiger partial charge in [0.2, 0.25) is 0 Å². The predicted molar refractivity (Wildman–Crippen MR) is 51.0 cm³/mol. The molecule has 0 N–H and O–H groups in total. The van der Waals surface area contributed by atoms with Gasteiger partial charge in [-0.3, -0.25) is 4.79 Å². The third kappa shape index (κ3) is 2.80. The summed E-state index contributed by atoms with van der Waals surface area (Å²) < 4.78 is 0. The van der Waals surface area contributed by atoms with E-state index in [4.69, 9.17) is 0 Å². The molecule has 0 aromatic rings. The standard InChI is InChI=1S/C11H18O/c1-9(12)7-10-5-4-6-11(2,3)8-10/h7H,4-6,8H2,1-3H3/b10-7-. The molecule has 0 heterocycles. The van der Waals surface area contributed by atoms with Gasteiger partial charge < -0.3 is 0 Å². The lowest BCUT2D eigenvalue weighted by Gasteiger charge is -2.31. The monoisotopic (exact) mass is 166 g/mol. The molecular weight excluding hydrogens is 148 g/mol. The van der Waals surface area contributed by atoms with Crippen molar-refractivity contribution in [3.63, 3.8) is 0 Å². The molecule has 1 saturated carbocycles. The third-order valence-electron chi connectivity index (χ3n) is 2.46. The van der Waals surface area contributed by atoms with Gasteiger partial charge in [0.25, 0.3) is 0 Å². The summed E-state index contributed by atoms with van der Waals surface area (Å²) in [6, 6.07) is 0. The Labute approximate surface area is 74.9 Å². The van der Waals surface area contributed by atoms with Crippen molar-refractivity contribution < 1.29 is 4.79 Å². The molecule has 1 nitrogen and oxygen atoms in total. The Morgan fingerprint density at radius 3 is 2.67 bits per heavy atom. The molecule has 0 radical (unpaired) electrons. The maximum atomic E-state index is 10.8. The second-order valence-corrected chi connectivity index (χ2v) is 4.61. The molecule has 0 amide bonds. The first-order valence-electron chi connectivity index (χ1n) is 4.70. The van der Waals surface area contributed by atoms with E-state index in [1.54, 1.807) is 6.92 Å². The van der Waals surface area contributed by atoms with Gasteiger partial charge >= 0.3 is 0 Å². The van der Waals surface area contributed by atoms with Crippen LogP contribution in [0.1, 0.15) is 46.5 Å². The van der Waals surface area contributed by atoms with Crippen LogP contribution in [-0.2, 0) is 4.79 Å². The van der Waals surface area contributed by atoms with Crippen molar-refractivity contribution >= 4 is 5.78 Å². The summed E-state index contributed by atoms with van der Waals surface area (Å²) in [5.41, 5.74) is 1.76. The molecule has 1 heteroatoms. The number of carbonyl (C=O) groups excluding carboxylic acids is 1. The summed E-state index contributed by atoms with van der Waals surface area (Å²) in [6.07, 6.45) is 6.59. The molecule has 0 saturated heterocycles. The second-order valence-electron chi connectivity index (χ2n) is 4.61. The van der Waals surface area contributed by atoms with Crippen LogP contribution in [0.3, 0.4) is 0 Å². The highest BCUT2D eigenvalue weighted by Gasteiger charge is 2.23. The zero-order valence-electron chi connectivity index (χ0n) is 8.31. The quantitative estimate of drug-likeness (QED) is 0.547. The van der Waals surface area contributed by atoms with Gasteiger partial charge in [0.1, 0.15) is 0 Å². The molecule has 1 aliphatic carbocycles. The van der Waals surface area contributed by atoms with Gasteiger partial charge in [-0.05, 0) is 44.1 Å². The SMILES string of the molecule is CC(=O)/C=C1/CCCC(C)(C)C1. The van der Waals surface area contributed by atoms with E-state index in [-0.39, 0.29) is 5.78 Å². The Bertz CT molecular complexity index is 211. The third-order valence-corrected chi connectivity index (χ3v) is 2.46. The van der Waals surface area contributed by atoms with Gasteiger partial charge in [-0.25, -0.2) is 0 Å². The predicted octanol–water partition coefficient (Wildman–Crippen LogP) is 3.10. The number of allylic oxidation sites excluding steroid dienone is 2. The van der Waals surface area contributed by atoms with Crippen molar-refractivity contribution in [2.75, 3.05) is 0 Å². The molecule has 1 aliphatic rings. The summed E-state index contributed by atoms with van der Waals surface area (Å²) in [5, 5.41) is 0. The molecule has 0 aliphatic heterocycles. The van der Waals surface area contributed by atoms with Crippen LogP contribution in [0.4, 0.5) is 0 Å². The average Bonchev–Trinajstić information content (AvgIpc) is 1.82. The molecule has 0 aromatic carbocycles. The van der Waals surface area contributed by atoms with Crippen molar-refractivity contribution in [2.45, 2.75) is 46.5 Å². The molecule has 0 spiro atoms. The van der Waals surface area contributed by atoms with Crippen LogP contribution in [0, 0.1) is 5.41 Å². The zero-order chi connectivity index (χ0) is 9.19. The summed E-state index contributed by atoms with van der Waals surface area (Å²) in [5.74, 6) is 0.197. The maximum Gasteiger partial charge on any atom is 0.152 e. The van der Waals surface area contributed by atoms with E-state index in [2.05, 4.69) is 13.8 Å². The fourth-order valence-electron chi connectivity index (χ4n) is 2.00. The number of rotatable bonds is 1. The van der Waals surface area contributed by atoms with Crippen LogP contribution in [-0.4, -0.2) is 5.78 Å². The van der Waals surface area contributed by atoms with Crippen LogP contribution in [0.5, 0.6) is 0 Å². The molecule has 0 aromatic heterocycles. The first-order valence-corrected chi connectivity index (χ1v) is 4.70. The molecule has 12 heavy (non-hydrogen) atoms. The van der Waals surface area contributed by atoms with Gasteiger partial charge in [-0.15, -0.1) is 0 Å². The Kier molecular flexibility index (Phi) is 2.71. The topological polar surface area (TPSA) is 17.1 Å². The number of hydrogen-bond acceptors (Lipinski definition) is 1. The van der Waals surface area contributed by atoms with Crippen LogP contribution in [0.15, 0.2) is 11.6 Å². The second kappa shape index (κ2) is 3.42. The van der Waals surface area contributed by atoms with Crippen molar-refractivity contribution in [1.82, 2.24) is 0 Å². The zero-order valence-corrected chi connectivity index (χ0v) is 8.31. The first kappa shape index (κ1) is 9.50. The van der Waals surface area contributed by atoms with Crippen molar-refractivity contribution in [3.05, 3.63) is 11.6 Å². The van der Waals surface area contributed by atoms with E-state index in [1.165, 1.54) is 18.4 Å². The number of hydrogen-bond donors (Lipinski definition) is 0. The lowest BCUT2D eigenvalue weighted by atomic mass is 9.75. The minimum absolute atomic E-state index is 0.197. The molecule has 1 rings (SSSR count). The van der Waals surface area contributed by atoms with E-state index in [9.17, 15) is 4.79 Å². The molecule has 0 atom stereocenters. The summed E-state index contributed by atoms with van der Waals surface area (Å²) in [6.45, 7) is 6.19. The Balaban J connectivity index is 2.64. The smallest absolute Gasteiger partial charge is 0.152 e. The Morgan fingerprint density at radius 2 is 2.17 bits per heavy atom. The normalized spacial score (nSPS) is 25.8. The van der Waals surface area contributed by atoms with E-state index in [0.29, 0.717) is 5.41 Å². The average molecular weight is 166 g/mol. The van der Waals surface area contributed by atoms with Gasteiger partial charge in [0.05, 0.1) is 0 Å². The Morgan fingerprint density at radius 1 is 1.50 bits per heavy atom. The fraction of sp³-hybridized carbons (Fsp3) is 0.727. The fourth-order valence-corrected chi connectivity index (χ4v) is 2.00.